The molecular formula is C16H18N2O3. The summed E-state index contributed by atoms with van der Waals surface area (Å²) in [6.07, 6.45) is 3.46. The molecule has 1 heterocycles. The molecule has 5 nitrogen and oxygen atoms in total. The molecule has 1 aromatic heterocycles. The van der Waals surface area contributed by atoms with Crippen molar-refractivity contribution < 1.29 is 9.90 Å². The number of aromatic nitrogens is 1. The summed E-state index contributed by atoms with van der Waals surface area (Å²) < 4.78 is 0. The van der Waals surface area contributed by atoms with Gasteiger partial charge in [0.25, 0.3) is 5.56 Å². The summed E-state index contributed by atoms with van der Waals surface area (Å²) in [6, 6.07) is 9.10. The van der Waals surface area contributed by atoms with Crippen molar-refractivity contribution in [2.45, 2.75) is 31.7 Å². The van der Waals surface area contributed by atoms with E-state index in [1.165, 1.54) is 0 Å². The second-order valence-corrected chi connectivity index (χ2v) is 5.58. The van der Waals surface area contributed by atoms with Crippen molar-refractivity contribution in [2.24, 2.45) is 5.92 Å². The van der Waals surface area contributed by atoms with Gasteiger partial charge in [0.1, 0.15) is 5.82 Å². The molecule has 0 amide bonds. The lowest BCUT2D eigenvalue weighted by atomic mass is 9.84. The first-order valence-corrected chi connectivity index (χ1v) is 7.26. The normalized spacial score (nSPS) is 22.1. The molecule has 21 heavy (non-hydrogen) atoms. The predicted octanol–water partition coefficient (Wildman–Crippen LogP) is 2.58. The van der Waals surface area contributed by atoms with E-state index in [2.05, 4.69) is 10.3 Å². The van der Waals surface area contributed by atoms with Crippen LogP contribution in [-0.2, 0) is 4.79 Å². The molecule has 2 aromatic rings. The molecule has 0 saturated heterocycles. The molecule has 1 aliphatic carbocycles. The van der Waals surface area contributed by atoms with Crippen molar-refractivity contribution in [1.82, 2.24) is 4.98 Å². The van der Waals surface area contributed by atoms with Crippen LogP contribution in [0.4, 0.5) is 5.82 Å². The smallest absolute Gasteiger partial charge is 0.308 e. The number of fused-ring (bicyclic) bond motifs is 1. The van der Waals surface area contributed by atoms with Crippen molar-refractivity contribution >= 4 is 22.6 Å². The van der Waals surface area contributed by atoms with Gasteiger partial charge < -0.3 is 15.4 Å². The number of anilines is 1. The number of carboxylic acid groups (broad SMARTS) is 1. The number of carbonyl (C=O) groups is 1. The van der Waals surface area contributed by atoms with Crippen LogP contribution in [0.15, 0.2) is 35.1 Å². The van der Waals surface area contributed by atoms with Crippen LogP contribution in [0.25, 0.3) is 10.8 Å². The van der Waals surface area contributed by atoms with Gasteiger partial charge in [0.15, 0.2) is 0 Å². The van der Waals surface area contributed by atoms with Crippen LogP contribution in [0.3, 0.4) is 0 Å². The number of H-pyrrole nitrogens is 1. The van der Waals surface area contributed by atoms with E-state index in [9.17, 15) is 14.7 Å². The Labute approximate surface area is 122 Å². The summed E-state index contributed by atoms with van der Waals surface area (Å²) in [5.41, 5.74) is -0.154. The molecule has 0 radical (unpaired) electrons. The lowest BCUT2D eigenvalue weighted by molar-refractivity contribution is -0.143. The first-order valence-electron chi connectivity index (χ1n) is 7.26. The second kappa shape index (κ2) is 5.60. The van der Waals surface area contributed by atoms with E-state index in [-0.39, 0.29) is 11.6 Å². The standard InChI is InChI=1S/C16H18N2O3/c19-15-11-6-2-1-5-10(11)9-14(18-15)17-13-8-4-3-7-12(13)16(20)21/h1-2,5-6,9,12-13H,3-4,7-8H2,(H,20,21)(H2,17,18,19). The summed E-state index contributed by atoms with van der Waals surface area (Å²) in [4.78, 5) is 26.2. The molecule has 0 bridgehead atoms. The Kier molecular flexibility index (Phi) is 3.64. The number of hydrogen-bond acceptors (Lipinski definition) is 3. The largest absolute Gasteiger partial charge is 0.481 e. The minimum absolute atomic E-state index is 0.131. The van der Waals surface area contributed by atoms with Crippen molar-refractivity contribution in [3.63, 3.8) is 0 Å². The monoisotopic (exact) mass is 286 g/mol. The third-order valence-electron chi connectivity index (χ3n) is 4.18. The SMILES string of the molecule is O=C(O)C1CCCCC1Nc1cc2ccccc2c(=O)[nH]1. The Morgan fingerprint density at radius 1 is 1.24 bits per heavy atom. The molecule has 3 N–H and O–H groups in total. The van der Waals surface area contributed by atoms with E-state index in [4.69, 9.17) is 0 Å². The zero-order chi connectivity index (χ0) is 14.8. The van der Waals surface area contributed by atoms with E-state index in [1.807, 2.05) is 24.3 Å². The van der Waals surface area contributed by atoms with Crippen LogP contribution in [-0.4, -0.2) is 22.1 Å². The molecule has 1 aromatic carbocycles. The number of pyridine rings is 1. The van der Waals surface area contributed by atoms with Gasteiger partial charge in [0, 0.05) is 11.4 Å². The van der Waals surface area contributed by atoms with Gasteiger partial charge in [0.2, 0.25) is 0 Å². The second-order valence-electron chi connectivity index (χ2n) is 5.58. The highest BCUT2D eigenvalue weighted by Crippen LogP contribution is 2.27. The fourth-order valence-corrected chi connectivity index (χ4v) is 3.09. The molecule has 1 fully saturated rings. The summed E-state index contributed by atoms with van der Waals surface area (Å²) in [5.74, 6) is -0.569. The number of aromatic amines is 1. The van der Waals surface area contributed by atoms with Gasteiger partial charge in [-0.1, -0.05) is 31.0 Å². The van der Waals surface area contributed by atoms with E-state index < -0.39 is 11.9 Å². The predicted molar refractivity (Wildman–Crippen MR) is 81.6 cm³/mol. The molecule has 2 atom stereocenters. The zero-order valence-electron chi connectivity index (χ0n) is 11.6. The Balaban J connectivity index is 1.90. The highest BCUT2D eigenvalue weighted by atomic mass is 16.4. The van der Waals surface area contributed by atoms with Gasteiger partial charge >= 0.3 is 5.97 Å². The summed E-state index contributed by atoms with van der Waals surface area (Å²) in [7, 11) is 0. The molecule has 1 aliphatic rings. The van der Waals surface area contributed by atoms with Crippen LogP contribution < -0.4 is 10.9 Å². The summed E-state index contributed by atoms with van der Waals surface area (Å²) in [5, 5.41) is 14.0. The Hall–Kier alpha value is -2.30. The maximum absolute atomic E-state index is 12.0. The Morgan fingerprint density at radius 3 is 2.81 bits per heavy atom. The van der Waals surface area contributed by atoms with Gasteiger partial charge in [-0.3, -0.25) is 9.59 Å². The van der Waals surface area contributed by atoms with Crippen molar-refractivity contribution in [3.8, 4) is 0 Å². The average molecular weight is 286 g/mol. The first-order chi connectivity index (χ1) is 10.1. The quantitative estimate of drug-likeness (QED) is 0.810. The fourth-order valence-electron chi connectivity index (χ4n) is 3.09. The van der Waals surface area contributed by atoms with E-state index in [0.717, 1.165) is 24.6 Å². The maximum atomic E-state index is 12.0. The number of nitrogens with one attached hydrogen (secondary N) is 2. The van der Waals surface area contributed by atoms with E-state index in [1.54, 1.807) is 6.07 Å². The van der Waals surface area contributed by atoms with Crippen LogP contribution in [0.5, 0.6) is 0 Å². The van der Waals surface area contributed by atoms with Crippen LogP contribution in [0, 0.1) is 5.92 Å². The van der Waals surface area contributed by atoms with Crippen LogP contribution in [0.2, 0.25) is 0 Å². The fraction of sp³-hybridized carbons (Fsp3) is 0.375. The van der Waals surface area contributed by atoms with E-state index in [0.29, 0.717) is 17.6 Å². The number of rotatable bonds is 3. The molecule has 0 spiro atoms. The molecule has 1 saturated carbocycles. The molecule has 2 unspecified atom stereocenters. The van der Waals surface area contributed by atoms with Crippen molar-refractivity contribution in [3.05, 3.63) is 40.7 Å². The van der Waals surface area contributed by atoms with Crippen molar-refractivity contribution in [1.29, 1.82) is 0 Å². The molecule has 5 heteroatoms. The number of carboxylic acids is 1. The third-order valence-corrected chi connectivity index (χ3v) is 4.18. The minimum atomic E-state index is -0.768. The van der Waals surface area contributed by atoms with Crippen LogP contribution in [0.1, 0.15) is 25.7 Å². The van der Waals surface area contributed by atoms with Gasteiger partial charge in [-0.25, -0.2) is 0 Å². The van der Waals surface area contributed by atoms with Crippen molar-refractivity contribution in [2.75, 3.05) is 5.32 Å². The molecule has 110 valence electrons. The molecule has 3 rings (SSSR count). The highest BCUT2D eigenvalue weighted by Gasteiger charge is 2.30. The van der Waals surface area contributed by atoms with Gasteiger partial charge in [-0.2, -0.15) is 0 Å². The summed E-state index contributed by atoms with van der Waals surface area (Å²) in [6.45, 7) is 0. The maximum Gasteiger partial charge on any atom is 0.308 e. The number of aliphatic carboxylic acids is 1. The van der Waals surface area contributed by atoms with Gasteiger partial charge in [-0.05, 0) is 30.4 Å². The topological polar surface area (TPSA) is 82.2 Å². The zero-order valence-corrected chi connectivity index (χ0v) is 11.6. The average Bonchev–Trinajstić information content (AvgIpc) is 2.47. The van der Waals surface area contributed by atoms with Gasteiger partial charge in [-0.15, -0.1) is 0 Å². The molecule has 0 aliphatic heterocycles. The Morgan fingerprint density at radius 2 is 2.00 bits per heavy atom. The lowest BCUT2D eigenvalue weighted by Gasteiger charge is -2.29. The minimum Gasteiger partial charge on any atom is -0.481 e. The number of benzene rings is 1. The molecular weight excluding hydrogens is 268 g/mol. The highest BCUT2D eigenvalue weighted by molar-refractivity contribution is 5.83. The number of hydrogen-bond donors (Lipinski definition) is 3. The third kappa shape index (κ3) is 2.77. The lowest BCUT2D eigenvalue weighted by Crippen LogP contribution is -2.37. The first kappa shape index (κ1) is 13.7. The summed E-state index contributed by atoms with van der Waals surface area (Å²) >= 11 is 0. The Bertz CT molecular complexity index is 723. The van der Waals surface area contributed by atoms with Crippen LogP contribution >= 0.6 is 0 Å². The van der Waals surface area contributed by atoms with Gasteiger partial charge in [0.05, 0.1) is 5.92 Å². The van der Waals surface area contributed by atoms with E-state index >= 15 is 0 Å².